The summed E-state index contributed by atoms with van der Waals surface area (Å²) in [5, 5.41) is 3.42. The van der Waals surface area contributed by atoms with Crippen LogP contribution in [0, 0.1) is 11.6 Å². The lowest BCUT2D eigenvalue weighted by molar-refractivity contribution is -0.121. The highest BCUT2D eigenvalue weighted by Gasteiger charge is 2.15. The largest absolute Gasteiger partial charge is 0.356 e. The maximum atomic E-state index is 13.4. The molecule has 0 unspecified atom stereocenters. The molecular formula is C19H19ClF2N2O2. The Balaban J connectivity index is 1.84. The van der Waals surface area contributed by atoms with Gasteiger partial charge in [-0.15, -0.1) is 0 Å². The van der Waals surface area contributed by atoms with Gasteiger partial charge in [-0.05, 0) is 36.2 Å². The minimum Gasteiger partial charge on any atom is -0.356 e. The van der Waals surface area contributed by atoms with Gasteiger partial charge in [0.15, 0.2) is 11.6 Å². The summed E-state index contributed by atoms with van der Waals surface area (Å²) in [4.78, 5) is 24.9. The quantitative estimate of drug-likeness (QED) is 0.795. The van der Waals surface area contributed by atoms with E-state index in [0.29, 0.717) is 18.0 Å². The third kappa shape index (κ3) is 5.81. The van der Waals surface area contributed by atoms with Crippen LogP contribution in [0.1, 0.15) is 18.9 Å². The molecule has 0 aromatic heterocycles. The van der Waals surface area contributed by atoms with Gasteiger partial charge < -0.3 is 10.2 Å². The molecule has 4 nitrogen and oxygen atoms in total. The van der Waals surface area contributed by atoms with Crippen molar-refractivity contribution in [3.05, 3.63) is 64.7 Å². The fourth-order valence-electron chi connectivity index (χ4n) is 2.42. The SMILES string of the molecule is CC(=O)N(CCC(=O)NCCc1ccc(Cl)cc1)c1ccc(F)c(F)c1. The molecule has 0 aliphatic heterocycles. The van der Waals surface area contributed by atoms with Gasteiger partial charge in [0.2, 0.25) is 11.8 Å². The summed E-state index contributed by atoms with van der Waals surface area (Å²) < 4.78 is 26.4. The van der Waals surface area contributed by atoms with E-state index in [-0.39, 0.29) is 30.5 Å². The molecule has 0 aliphatic carbocycles. The zero-order valence-corrected chi connectivity index (χ0v) is 15.0. The molecule has 0 radical (unpaired) electrons. The van der Waals surface area contributed by atoms with Crippen LogP contribution in [0.3, 0.4) is 0 Å². The maximum absolute atomic E-state index is 13.4. The summed E-state index contributed by atoms with van der Waals surface area (Å²) in [6, 6.07) is 10.5. The van der Waals surface area contributed by atoms with Crippen molar-refractivity contribution in [2.24, 2.45) is 0 Å². The molecule has 0 spiro atoms. The summed E-state index contributed by atoms with van der Waals surface area (Å²) in [5.74, 6) is -2.61. The van der Waals surface area contributed by atoms with E-state index in [1.54, 1.807) is 12.1 Å². The molecule has 0 bridgehead atoms. The van der Waals surface area contributed by atoms with Crippen molar-refractivity contribution in [1.82, 2.24) is 5.32 Å². The van der Waals surface area contributed by atoms with E-state index in [0.717, 1.165) is 17.7 Å². The fraction of sp³-hybridized carbons (Fsp3) is 0.263. The highest BCUT2D eigenvalue weighted by atomic mass is 35.5. The Kier molecular flexibility index (Phi) is 7.09. The van der Waals surface area contributed by atoms with E-state index in [9.17, 15) is 18.4 Å². The van der Waals surface area contributed by atoms with E-state index in [1.165, 1.54) is 17.9 Å². The number of amides is 2. The summed E-state index contributed by atoms with van der Waals surface area (Å²) in [6.45, 7) is 1.83. The number of hydrogen-bond donors (Lipinski definition) is 1. The van der Waals surface area contributed by atoms with Crippen LogP contribution >= 0.6 is 11.6 Å². The average Bonchev–Trinajstić information content (AvgIpc) is 2.59. The first-order valence-corrected chi connectivity index (χ1v) is 8.49. The monoisotopic (exact) mass is 380 g/mol. The second kappa shape index (κ2) is 9.29. The smallest absolute Gasteiger partial charge is 0.223 e. The number of rotatable bonds is 7. The second-order valence-electron chi connectivity index (χ2n) is 5.75. The minimum absolute atomic E-state index is 0.0548. The Bertz CT molecular complexity index is 782. The summed E-state index contributed by atoms with van der Waals surface area (Å²) >= 11 is 5.82. The predicted molar refractivity (Wildman–Crippen MR) is 97.2 cm³/mol. The van der Waals surface area contributed by atoms with Crippen molar-refractivity contribution in [2.75, 3.05) is 18.0 Å². The number of benzene rings is 2. The molecule has 1 N–H and O–H groups in total. The molecule has 0 saturated carbocycles. The Hall–Kier alpha value is -2.47. The van der Waals surface area contributed by atoms with Gasteiger partial charge in [0.25, 0.3) is 0 Å². The van der Waals surface area contributed by atoms with E-state index < -0.39 is 11.6 Å². The van der Waals surface area contributed by atoms with Crippen LogP contribution in [0.5, 0.6) is 0 Å². The minimum atomic E-state index is -1.04. The lowest BCUT2D eigenvalue weighted by Crippen LogP contribution is -2.34. The molecule has 0 heterocycles. The van der Waals surface area contributed by atoms with E-state index in [1.807, 2.05) is 12.1 Å². The molecule has 0 atom stereocenters. The van der Waals surface area contributed by atoms with Crippen molar-refractivity contribution in [2.45, 2.75) is 19.8 Å². The molecule has 2 amide bonds. The Morgan fingerprint density at radius 1 is 1.08 bits per heavy atom. The van der Waals surface area contributed by atoms with Gasteiger partial charge in [-0.1, -0.05) is 23.7 Å². The lowest BCUT2D eigenvalue weighted by atomic mass is 10.1. The van der Waals surface area contributed by atoms with E-state index >= 15 is 0 Å². The fourth-order valence-corrected chi connectivity index (χ4v) is 2.55. The van der Waals surface area contributed by atoms with Gasteiger partial charge >= 0.3 is 0 Å². The topological polar surface area (TPSA) is 49.4 Å². The lowest BCUT2D eigenvalue weighted by Gasteiger charge is -2.21. The molecule has 2 aromatic rings. The van der Waals surface area contributed by atoms with Gasteiger partial charge in [0, 0.05) is 43.2 Å². The zero-order chi connectivity index (χ0) is 19.1. The molecule has 0 saturated heterocycles. The molecule has 7 heteroatoms. The maximum Gasteiger partial charge on any atom is 0.223 e. The van der Waals surface area contributed by atoms with Crippen molar-refractivity contribution >= 4 is 29.1 Å². The average molecular weight is 381 g/mol. The highest BCUT2D eigenvalue weighted by Crippen LogP contribution is 2.18. The van der Waals surface area contributed by atoms with Gasteiger partial charge in [-0.25, -0.2) is 8.78 Å². The number of anilines is 1. The normalized spacial score (nSPS) is 10.5. The van der Waals surface area contributed by atoms with Crippen LogP contribution < -0.4 is 10.2 Å². The Morgan fingerprint density at radius 2 is 1.77 bits per heavy atom. The van der Waals surface area contributed by atoms with Crippen LogP contribution in [0.2, 0.25) is 5.02 Å². The molecular weight excluding hydrogens is 362 g/mol. The van der Waals surface area contributed by atoms with Crippen molar-refractivity contribution in [1.29, 1.82) is 0 Å². The third-order valence-electron chi connectivity index (χ3n) is 3.81. The predicted octanol–water partition coefficient (Wildman–Crippen LogP) is 3.72. The molecule has 138 valence electrons. The molecule has 0 aliphatic rings. The number of carbonyl (C=O) groups is 2. The summed E-state index contributed by atoms with van der Waals surface area (Å²) in [7, 11) is 0. The third-order valence-corrected chi connectivity index (χ3v) is 4.06. The van der Waals surface area contributed by atoms with Gasteiger partial charge in [-0.3, -0.25) is 9.59 Å². The Morgan fingerprint density at radius 3 is 2.38 bits per heavy atom. The van der Waals surface area contributed by atoms with E-state index in [4.69, 9.17) is 11.6 Å². The number of halogens is 3. The first-order chi connectivity index (χ1) is 12.4. The standard InChI is InChI=1S/C19H19ClF2N2O2/c1-13(25)24(16-6-7-17(21)18(22)12-16)11-9-19(26)23-10-8-14-2-4-15(20)5-3-14/h2-7,12H,8-11H2,1H3,(H,23,26). The van der Waals surface area contributed by atoms with Gasteiger partial charge in [0.05, 0.1) is 0 Å². The van der Waals surface area contributed by atoms with Crippen LogP contribution in [0.15, 0.2) is 42.5 Å². The van der Waals surface area contributed by atoms with E-state index in [2.05, 4.69) is 5.32 Å². The van der Waals surface area contributed by atoms with Crippen molar-refractivity contribution in [3.8, 4) is 0 Å². The number of carbonyl (C=O) groups excluding carboxylic acids is 2. The first kappa shape index (κ1) is 19.8. The van der Waals surface area contributed by atoms with Crippen LogP contribution in [-0.4, -0.2) is 24.9 Å². The Labute approximate surface area is 155 Å². The van der Waals surface area contributed by atoms with Crippen LogP contribution in [0.4, 0.5) is 14.5 Å². The van der Waals surface area contributed by atoms with Crippen LogP contribution in [-0.2, 0) is 16.0 Å². The molecule has 2 rings (SSSR count). The molecule has 26 heavy (non-hydrogen) atoms. The summed E-state index contributed by atoms with van der Waals surface area (Å²) in [5.41, 5.74) is 1.26. The highest BCUT2D eigenvalue weighted by molar-refractivity contribution is 6.30. The molecule has 0 fully saturated rings. The number of hydrogen-bond acceptors (Lipinski definition) is 2. The number of nitrogens with zero attached hydrogens (tertiary/aromatic N) is 1. The first-order valence-electron chi connectivity index (χ1n) is 8.11. The second-order valence-corrected chi connectivity index (χ2v) is 6.18. The van der Waals surface area contributed by atoms with Gasteiger partial charge in [-0.2, -0.15) is 0 Å². The van der Waals surface area contributed by atoms with Gasteiger partial charge in [0.1, 0.15) is 0 Å². The van der Waals surface area contributed by atoms with Crippen LogP contribution in [0.25, 0.3) is 0 Å². The zero-order valence-electron chi connectivity index (χ0n) is 14.3. The van der Waals surface area contributed by atoms with Crippen molar-refractivity contribution < 1.29 is 18.4 Å². The molecule has 2 aromatic carbocycles. The van der Waals surface area contributed by atoms with Crippen molar-refractivity contribution in [3.63, 3.8) is 0 Å². The summed E-state index contributed by atoms with van der Waals surface area (Å²) in [6.07, 6.45) is 0.710. The number of nitrogens with one attached hydrogen (secondary N) is 1.